The molecular formula is C9H9N4O. The minimum absolute atomic E-state index is 0.250. The fraction of sp³-hybridized carbons (Fsp3) is 0.222. The summed E-state index contributed by atoms with van der Waals surface area (Å²) in [7, 11) is 3.19. The molecule has 2 amide bonds. The predicted molar refractivity (Wildman–Crippen MR) is 51.2 cm³/mol. The molecule has 0 aromatic heterocycles. The molecule has 2 aliphatic rings. The molecule has 0 aromatic carbocycles. The largest absolute Gasteiger partial charge is 0.360 e. The number of carbonyl (C=O) groups is 1. The van der Waals surface area contributed by atoms with E-state index in [-0.39, 0.29) is 6.03 Å². The Morgan fingerprint density at radius 2 is 2.14 bits per heavy atom. The van der Waals surface area contributed by atoms with Gasteiger partial charge in [-0.25, -0.2) is 14.8 Å². The lowest BCUT2D eigenvalue weighted by molar-refractivity contribution is 0.155. The van der Waals surface area contributed by atoms with Crippen LogP contribution >= 0.6 is 0 Å². The molecule has 2 rings (SSSR count). The fourth-order valence-electron chi connectivity index (χ4n) is 1.18. The van der Waals surface area contributed by atoms with Crippen LogP contribution in [0.1, 0.15) is 0 Å². The van der Waals surface area contributed by atoms with Crippen molar-refractivity contribution in [2.24, 2.45) is 5.10 Å². The maximum absolute atomic E-state index is 11.3. The highest BCUT2D eigenvalue weighted by Gasteiger charge is 2.24. The molecular weight excluding hydrogens is 180 g/mol. The normalized spacial score (nSPS) is 19.7. The number of rotatable bonds is 1. The first kappa shape index (κ1) is 8.59. The summed E-state index contributed by atoms with van der Waals surface area (Å²) in [5.74, 6) is 0.500. The first-order valence-corrected chi connectivity index (χ1v) is 4.14. The highest BCUT2D eigenvalue weighted by molar-refractivity contribution is 6.03. The van der Waals surface area contributed by atoms with Gasteiger partial charge in [-0.3, -0.25) is 0 Å². The molecule has 0 atom stereocenters. The molecule has 0 unspecified atom stereocenters. The SMILES string of the molecule is CN1[N]C(C2=C=CC=C2)=NN(C)C1=O. The highest BCUT2D eigenvalue weighted by Crippen LogP contribution is 2.09. The van der Waals surface area contributed by atoms with Crippen LogP contribution in [0.4, 0.5) is 4.79 Å². The van der Waals surface area contributed by atoms with E-state index in [0.29, 0.717) is 5.84 Å². The second-order valence-electron chi connectivity index (χ2n) is 2.94. The summed E-state index contributed by atoms with van der Waals surface area (Å²) in [6.45, 7) is 0. The maximum Gasteiger partial charge on any atom is 0.360 e. The molecule has 1 heterocycles. The Labute approximate surface area is 81.6 Å². The van der Waals surface area contributed by atoms with Crippen LogP contribution in [0, 0.1) is 0 Å². The molecule has 0 aromatic rings. The first-order chi connectivity index (χ1) is 6.68. The van der Waals surface area contributed by atoms with Crippen LogP contribution in [-0.4, -0.2) is 36.0 Å². The van der Waals surface area contributed by atoms with Crippen molar-refractivity contribution in [3.8, 4) is 0 Å². The lowest BCUT2D eigenvalue weighted by Crippen LogP contribution is -2.48. The van der Waals surface area contributed by atoms with E-state index in [4.69, 9.17) is 0 Å². The van der Waals surface area contributed by atoms with Crippen molar-refractivity contribution in [1.29, 1.82) is 0 Å². The van der Waals surface area contributed by atoms with E-state index in [0.717, 1.165) is 5.57 Å². The third kappa shape index (κ3) is 1.30. The molecule has 0 saturated carbocycles. The van der Waals surface area contributed by atoms with Gasteiger partial charge in [0, 0.05) is 14.1 Å². The van der Waals surface area contributed by atoms with Gasteiger partial charge in [-0.1, -0.05) is 6.08 Å². The van der Waals surface area contributed by atoms with Gasteiger partial charge in [0.15, 0.2) is 0 Å². The van der Waals surface area contributed by atoms with Crippen molar-refractivity contribution in [2.45, 2.75) is 0 Å². The summed E-state index contributed by atoms with van der Waals surface area (Å²) in [4.78, 5) is 11.3. The number of hydrazone groups is 1. The van der Waals surface area contributed by atoms with Crippen LogP contribution in [0.25, 0.3) is 0 Å². The van der Waals surface area contributed by atoms with E-state index in [9.17, 15) is 4.79 Å². The number of urea groups is 1. The zero-order valence-electron chi connectivity index (χ0n) is 7.93. The molecule has 0 fully saturated rings. The number of amides is 2. The molecule has 0 N–H and O–H groups in total. The Hall–Kier alpha value is -2.00. The van der Waals surface area contributed by atoms with Crippen molar-refractivity contribution >= 4 is 11.9 Å². The average Bonchev–Trinajstić information content (AvgIpc) is 2.66. The van der Waals surface area contributed by atoms with E-state index < -0.39 is 0 Å². The Kier molecular flexibility index (Phi) is 1.87. The van der Waals surface area contributed by atoms with Crippen LogP contribution in [0.15, 0.2) is 34.6 Å². The van der Waals surface area contributed by atoms with Gasteiger partial charge in [-0.05, 0) is 12.2 Å². The Balaban J connectivity index is 2.30. The lowest BCUT2D eigenvalue weighted by atomic mass is 10.3. The van der Waals surface area contributed by atoms with Gasteiger partial charge >= 0.3 is 6.03 Å². The highest BCUT2D eigenvalue weighted by atomic mass is 16.2. The lowest BCUT2D eigenvalue weighted by Gasteiger charge is -2.26. The number of allylic oxidation sites excluding steroid dienone is 1. The van der Waals surface area contributed by atoms with Crippen LogP contribution in [0.5, 0.6) is 0 Å². The monoisotopic (exact) mass is 189 g/mol. The molecule has 1 aliphatic carbocycles. The Bertz CT molecular complexity index is 401. The quantitative estimate of drug-likeness (QED) is 0.553. The summed E-state index contributed by atoms with van der Waals surface area (Å²) >= 11 is 0. The van der Waals surface area contributed by atoms with E-state index >= 15 is 0 Å². The minimum atomic E-state index is -0.250. The van der Waals surface area contributed by atoms with E-state index in [1.807, 2.05) is 12.2 Å². The summed E-state index contributed by atoms with van der Waals surface area (Å²) < 4.78 is 0. The number of hydrogen-bond acceptors (Lipinski definition) is 2. The smallest absolute Gasteiger partial charge is 0.244 e. The molecule has 0 spiro atoms. The molecule has 0 saturated heterocycles. The average molecular weight is 189 g/mol. The minimum Gasteiger partial charge on any atom is -0.244 e. The number of amidine groups is 1. The third-order valence-electron chi connectivity index (χ3n) is 1.88. The van der Waals surface area contributed by atoms with Gasteiger partial charge in [0.05, 0.1) is 5.57 Å². The molecule has 1 radical (unpaired) electrons. The number of carbonyl (C=O) groups excluding carboxylic acids is 1. The van der Waals surface area contributed by atoms with E-state index in [2.05, 4.69) is 16.3 Å². The van der Waals surface area contributed by atoms with Crippen molar-refractivity contribution in [3.63, 3.8) is 0 Å². The molecule has 14 heavy (non-hydrogen) atoms. The van der Waals surface area contributed by atoms with Gasteiger partial charge in [-0.2, -0.15) is 0 Å². The zero-order valence-corrected chi connectivity index (χ0v) is 7.93. The second kappa shape index (κ2) is 3.05. The molecule has 5 heteroatoms. The maximum atomic E-state index is 11.3. The van der Waals surface area contributed by atoms with Crippen molar-refractivity contribution in [1.82, 2.24) is 15.4 Å². The summed E-state index contributed by atoms with van der Waals surface area (Å²) in [6.07, 6.45) is 5.48. The first-order valence-electron chi connectivity index (χ1n) is 4.14. The molecule has 1 aliphatic heterocycles. The van der Waals surface area contributed by atoms with Gasteiger partial charge in [0.25, 0.3) is 0 Å². The van der Waals surface area contributed by atoms with Gasteiger partial charge < -0.3 is 0 Å². The van der Waals surface area contributed by atoms with Gasteiger partial charge in [0.2, 0.25) is 5.84 Å². The van der Waals surface area contributed by atoms with E-state index in [1.165, 1.54) is 10.0 Å². The van der Waals surface area contributed by atoms with Crippen molar-refractivity contribution < 1.29 is 4.79 Å². The number of nitrogens with zero attached hydrogens (tertiary/aromatic N) is 4. The second-order valence-corrected chi connectivity index (χ2v) is 2.94. The Morgan fingerprint density at radius 1 is 1.36 bits per heavy atom. The zero-order chi connectivity index (χ0) is 10.1. The van der Waals surface area contributed by atoms with Crippen LogP contribution in [0.3, 0.4) is 0 Å². The van der Waals surface area contributed by atoms with Gasteiger partial charge in [-0.15, -0.1) is 16.3 Å². The van der Waals surface area contributed by atoms with E-state index in [1.54, 1.807) is 20.2 Å². The summed E-state index contributed by atoms with van der Waals surface area (Å²) in [5, 5.41) is 6.52. The predicted octanol–water partition coefficient (Wildman–Crippen LogP) is 0.468. The topological polar surface area (TPSA) is 50.0 Å². The standard InChI is InChI=1S/C9H9N4O/c1-12-9(14)13(2)11-8(10-12)7-5-3-4-6-7/h3-5H,1-2H3. The van der Waals surface area contributed by atoms with Crippen LogP contribution in [-0.2, 0) is 0 Å². The summed E-state index contributed by atoms with van der Waals surface area (Å²) in [5.41, 5.74) is 7.78. The van der Waals surface area contributed by atoms with Crippen LogP contribution in [0.2, 0.25) is 0 Å². The van der Waals surface area contributed by atoms with Crippen molar-refractivity contribution in [2.75, 3.05) is 14.1 Å². The summed E-state index contributed by atoms with van der Waals surface area (Å²) in [6, 6.07) is -0.250. The van der Waals surface area contributed by atoms with Crippen molar-refractivity contribution in [3.05, 3.63) is 29.5 Å². The molecule has 0 bridgehead atoms. The number of hydrogen-bond donors (Lipinski definition) is 0. The van der Waals surface area contributed by atoms with Crippen LogP contribution < -0.4 is 5.43 Å². The molecule has 71 valence electrons. The molecule has 5 nitrogen and oxygen atoms in total. The van der Waals surface area contributed by atoms with Gasteiger partial charge in [0.1, 0.15) is 0 Å². The third-order valence-corrected chi connectivity index (χ3v) is 1.88. The fourth-order valence-corrected chi connectivity index (χ4v) is 1.18. The Morgan fingerprint density at radius 3 is 2.71 bits per heavy atom.